The first-order valence-electron chi connectivity index (χ1n) is 7.92. The summed E-state index contributed by atoms with van der Waals surface area (Å²) in [5.41, 5.74) is 3.01. The molecule has 22 heavy (non-hydrogen) atoms. The van der Waals surface area contributed by atoms with Gasteiger partial charge in [-0.25, -0.2) is 0 Å². The van der Waals surface area contributed by atoms with Gasteiger partial charge in [0, 0.05) is 37.8 Å². The molecule has 3 rings (SSSR count). The Morgan fingerprint density at radius 1 is 1.32 bits per heavy atom. The van der Waals surface area contributed by atoms with Crippen molar-refractivity contribution >= 4 is 11.4 Å². The zero-order valence-electron chi connectivity index (χ0n) is 13.0. The van der Waals surface area contributed by atoms with Crippen molar-refractivity contribution in [1.82, 2.24) is 5.32 Å². The van der Waals surface area contributed by atoms with E-state index in [1.165, 1.54) is 5.69 Å². The first-order chi connectivity index (χ1) is 10.7. The Morgan fingerprint density at radius 3 is 2.64 bits per heavy atom. The van der Waals surface area contributed by atoms with Crippen molar-refractivity contribution in [2.45, 2.75) is 38.3 Å². The summed E-state index contributed by atoms with van der Waals surface area (Å²) in [5, 5.41) is 16.4. The summed E-state index contributed by atoms with van der Waals surface area (Å²) < 4.78 is 0. The summed E-state index contributed by atoms with van der Waals surface area (Å²) in [7, 11) is 0. The Bertz CT molecular complexity index is 567. The van der Waals surface area contributed by atoms with Gasteiger partial charge in [-0.05, 0) is 44.0 Å². The molecule has 1 aromatic rings. The van der Waals surface area contributed by atoms with E-state index in [0.717, 1.165) is 50.2 Å². The molecule has 0 saturated carbocycles. The number of nitriles is 1. The van der Waals surface area contributed by atoms with Gasteiger partial charge in [-0.15, -0.1) is 0 Å². The molecule has 116 valence electrons. The van der Waals surface area contributed by atoms with Gasteiger partial charge in [0.1, 0.15) is 6.10 Å². The number of anilines is 1. The molecule has 1 unspecified atom stereocenters. The summed E-state index contributed by atoms with van der Waals surface area (Å²) in [5.74, 6) is 0. The Hall–Kier alpha value is -2.06. The lowest BCUT2D eigenvalue weighted by Crippen LogP contribution is -2.44. The Labute approximate surface area is 131 Å². The maximum absolute atomic E-state index is 8.85. The molecule has 0 aliphatic carbocycles. The van der Waals surface area contributed by atoms with Gasteiger partial charge in [-0.3, -0.25) is 0 Å². The van der Waals surface area contributed by atoms with Crippen molar-refractivity contribution in [2.24, 2.45) is 5.16 Å². The van der Waals surface area contributed by atoms with Crippen LogP contribution in [0.25, 0.3) is 0 Å². The lowest BCUT2D eigenvalue weighted by molar-refractivity contribution is 0.0818. The minimum Gasteiger partial charge on any atom is -0.391 e. The molecule has 2 heterocycles. The van der Waals surface area contributed by atoms with Gasteiger partial charge >= 0.3 is 0 Å². The van der Waals surface area contributed by atoms with E-state index in [-0.39, 0.29) is 6.10 Å². The van der Waals surface area contributed by atoms with Crippen LogP contribution in [0.2, 0.25) is 0 Å². The predicted molar refractivity (Wildman–Crippen MR) is 87.0 cm³/mol. The molecule has 5 heteroatoms. The second kappa shape index (κ2) is 6.80. The fourth-order valence-electron chi connectivity index (χ4n) is 3.06. The first-order valence-corrected chi connectivity index (χ1v) is 7.92. The molecule has 2 aliphatic heterocycles. The smallest absolute Gasteiger partial charge is 0.145 e. The molecule has 1 N–H and O–H groups in total. The summed E-state index contributed by atoms with van der Waals surface area (Å²) in [6, 6.07) is 10.6. The van der Waals surface area contributed by atoms with Crippen LogP contribution in [0.4, 0.5) is 5.69 Å². The highest BCUT2D eigenvalue weighted by molar-refractivity contribution is 5.82. The van der Waals surface area contributed by atoms with Gasteiger partial charge in [-0.1, -0.05) is 5.16 Å². The maximum atomic E-state index is 8.85. The van der Waals surface area contributed by atoms with Crippen LogP contribution in [0.3, 0.4) is 0 Å². The second-order valence-electron chi connectivity index (χ2n) is 6.09. The fourth-order valence-corrected chi connectivity index (χ4v) is 3.06. The number of nitrogens with one attached hydrogen (secondary N) is 1. The largest absolute Gasteiger partial charge is 0.391 e. The fraction of sp³-hybridized carbons (Fsp3) is 0.529. The number of hydrogen-bond donors (Lipinski definition) is 1. The van der Waals surface area contributed by atoms with E-state index in [4.69, 9.17) is 10.1 Å². The van der Waals surface area contributed by atoms with Gasteiger partial charge in [0.15, 0.2) is 0 Å². The van der Waals surface area contributed by atoms with Gasteiger partial charge in [0.05, 0.1) is 17.3 Å². The SMILES string of the molecule is CC1=NOC(CNC2CCN(c3ccc(C#N)cc3)CC2)C1. The van der Waals surface area contributed by atoms with Crippen molar-refractivity contribution in [3.8, 4) is 6.07 Å². The second-order valence-corrected chi connectivity index (χ2v) is 6.09. The standard InChI is InChI=1S/C17H22N4O/c1-13-10-17(22-20-13)12-19-15-6-8-21(9-7-15)16-4-2-14(11-18)3-5-16/h2-5,15,17,19H,6-10,12H2,1H3. The average molecular weight is 298 g/mol. The molecule has 0 bridgehead atoms. The van der Waals surface area contributed by atoms with E-state index >= 15 is 0 Å². The topological polar surface area (TPSA) is 60.6 Å². The number of benzene rings is 1. The molecule has 2 aliphatic rings. The van der Waals surface area contributed by atoms with Crippen LogP contribution < -0.4 is 10.2 Å². The lowest BCUT2D eigenvalue weighted by Gasteiger charge is -2.34. The van der Waals surface area contributed by atoms with Crippen LogP contribution in [0.5, 0.6) is 0 Å². The number of nitrogens with zero attached hydrogens (tertiary/aromatic N) is 3. The van der Waals surface area contributed by atoms with Crippen molar-refractivity contribution in [3.63, 3.8) is 0 Å². The minimum absolute atomic E-state index is 0.205. The molecule has 1 aromatic carbocycles. The van der Waals surface area contributed by atoms with Gasteiger partial charge in [0.25, 0.3) is 0 Å². The van der Waals surface area contributed by atoms with E-state index in [9.17, 15) is 0 Å². The highest BCUT2D eigenvalue weighted by Crippen LogP contribution is 2.20. The summed E-state index contributed by atoms with van der Waals surface area (Å²) in [4.78, 5) is 7.74. The average Bonchev–Trinajstić information content (AvgIpc) is 2.99. The van der Waals surface area contributed by atoms with Crippen molar-refractivity contribution in [3.05, 3.63) is 29.8 Å². The van der Waals surface area contributed by atoms with Crippen LogP contribution in [0.1, 0.15) is 31.7 Å². The number of rotatable bonds is 4. The van der Waals surface area contributed by atoms with Gasteiger partial charge in [0.2, 0.25) is 0 Å². The van der Waals surface area contributed by atoms with Crippen LogP contribution in [-0.4, -0.2) is 37.5 Å². The molecule has 0 radical (unpaired) electrons. The number of hydrogen-bond acceptors (Lipinski definition) is 5. The predicted octanol–water partition coefficient (Wildman–Crippen LogP) is 2.28. The Balaban J connectivity index is 1.43. The van der Waals surface area contributed by atoms with Crippen LogP contribution in [-0.2, 0) is 4.84 Å². The highest BCUT2D eigenvalue weighted by atomic mass is 16.6. The molecule has 5 nitrogen and oxygen atoms in total. The zero-order valence-corrected chi connectivity index (χ0v) is 13.0. The molecule has 1 fully saturated rings. The lowest BCUT2D eigenvalue weighted by atomic mass is 10.0. The maximum Gasteiger partial charge on any atom is 0.145 e. The molecule has 0 spiro atoms. The van der Waals surface area contributed by atoms with Gasteiger partial charge < -0.3 is 15.1 Å². The molecule has 0 aromatic heterocycles. The monoisotopic (exact) mass is 298 g/mol. The third-order valence-corrected chi connectivity index (χ3v) is 4.37. The number of oxime groups is 1. The zero-order chi connectivity index (χ0) is 15.4. The quantitative estimate of drug-likeness (QED) is 0.926. The van der Waals surface area contributed by atoms with Crippen molar-refractivity contribution in [2.75, 3.05) is 24.5 Å². The van der Waals surface area contributed by atoms with Crippen LogP contribution >= 0.6 is 0 Å². The Morgan fingerprint density at radius 2 is 2.05 bits per heavy atom. The molecule has 1 saturated heterocycles. The third kappa shape index (κ3) is 3.58. The van der Waals surface area contributed by atoms with Gasteiger partial charge in [-0.2, -0.15) is 5.26 Å². The molecular weight excluding hydrogens is 276 g/mol. The molecule has 0 amide bonds. The summed E-state index contributed by atoms with van der Waals surface area (Å²) in [6.45, 7) is 4.98. The molecular formula is C17H22N4O. The van der Waals surface area contributed by atoms with E-state index in [1.54, 1.807) is 0 Å². The normalized spacial score (nSPS) is 22.1. The van der Waals surface area contributed by atoms with Crippen molar-refractivity contribution in [1.29, 1.82) is 5.26 Å². The van der Waals surface area contributed by atoms with E-state index in [0.29, 0.717) is 6.04 Å². The molecule has 1 atom stereocenters. The third-order valence-electron chi connectivity index (χ3n) is 4.37. The Kier molecular flexibility index (Phi) is 4.59. The van der Waals surface area contributed by atoms with Crippen LogP contribution in [0.15, 0.2) is 29.4 Å². The first kappa shape index (κ1) is 14.9. The van der Waals surface area contributed by atoms with E-state index in [1.807, 2.05) is 31.2 Å². The minimum atomic E-state index is 0.205. The van der Waals surface area contributed by atoms with Crippen molar-refractivity contribution < 1.29 is 4.84 Å². The summed E-state index contributed by atoms with van der Waals surface area (Å²) in [6.07, 6.45) is 3.41. The van der Waals surface area contributed by atoms with E-state index < -0.39 is 0 Å². The van der Waals surface area contributed by atoms with Crippen LogP contribution in [0, 0.1) is 11.3 Å². The summed E-state index contributed by atoms with van der Waals surface area (Å²) >= 11 is 0. The number of piperidine rings is 1. The highest BCUT2D eigenvalue weighted by Gasteiger charge is 2.22. The van der Waals surface area contributed by atoms with E-state index in [2.05, 4.69) is 21.4 Å².